The Morgan fingerprint density at radius 1 is 1.28 bits per heavy atom. The summed E-state index contributed by atoms with van der Waals surface area (Å²) < 4.78 is 14.0. The molecule has 4 aliphatic rings. The van der Waals surface area contributed by atoms with Crippen LogP contribution in [0.4, 0.5) is 0 Å². The highest BCUT2D eigenvalue weighted by Gasteiger charge is 2.69. The lowest BCUT2D eigenvalue weighted by atomic mass is 9.53. The van der Waals surface area contributed by atoms with Crippen molar-refractivity contribution in [3.05, 3.63) is 63.2 Å². The van der Waals surface area contributed by atoms with Crippen molar-refractivity contribution in [3.8, 4) is 17.2 Å². The molecule has 1 saturated carbocycles. The molecule has 0 unspecified atom stereocenters. The number of likely N-dealkylation sites (tertiary alicyclic amines) is 1. The van der Waals surface area contributed by atoms with E-state index in [1.807, 2.05) is 29.7 Å². The van der Waals surface area contributed by atoms with E-state index < -0.39 is 17.1 Å². The lowest BCUT2D eigenvalue weighted by Crippen LogP contribution is -2.71. The number of piperidine rings is 1. The third kappa shape index (κ3) is 2.66. The van der Waals surface area contributed by atoms with Crippen molar-refractivity contribution >= 4 is 5.65 Å². The van der Waals surface area contributed by atoms with Gasteiger partial charge in [0.15, 0.2) is 29.0 Å². The van der Waals surface area contributed by atoms with Gasteiger partial charge < -0.3 is 19.7 Å². The van der Waals surface area contributed by atoms with Crippen LogP contribution in [0, 0.1) is 12.8 Å². The van der Waals surface area contributed by atoms with Gasteiger partial charge in [-0.3, -0.25) is 14.1 Å². The Bertz CT molecular complexity index is 1480. The molecule has 3 aromatic rings. The van der Waals surface area contributed by atoms with Crippen molar-refractivity contribution in [2.45, 2.75) is 62.7 Å². The van der Waals surface area contributed by atoms with E-state index >= 15 is 0 Å². The highest BCUT2D eigenvalue weighted by molar-refractivity contribution is 5.63. The van der Waals surface area contributed by atoms with Gasteiger partial charge in [0, 0.05) is 29.9 Å². The number of fused-ring (bicyclic) bond motifs is 2. The highest BCUT2D eigenvalue weighted by Crippen LogP contribution is 2.66. The van der Waals surface area contributed by atoms with Gasteiger partial charge in [-0.05, 0) is 75.8 Å². The van der Waals surface area contributed by atoms with Crippen LogP contribution in [0.3, 0.4) is 0 Å². The monoisotopic (exact) mass is 489 g/mol. The van der Waals surface area contributed by atoms with E-state index in [-0.39, 0.29) is 17.4 Å². The second-order valence-corrected chi connectivity index (χ2v) is 11.2. The van der Waals surface area contributed by atoms with Gasteiger partial charge in [0.2, 0.25) is 0 Å². The molecule has 2 fully saturated rings. The Morgan fingerprint density at radius 3 is 2.83 bits per heavy atom. The highest BCUT2D eigenvalue weighted by atomic mass is 16.5. The maximum absolute atomic E-state index is 13.2. The van der Waals surface area contributed by atoms with E-state index in [0.29, 0.717) is 47.2 Å². The fourth-order valence-corrected chi connectivity index (χ4v) is 7.31. The summed E-state index contributed by atoms with van der Waals surface area (Å²) in [6, 6.07) is 7.21. The third-order valence-corrected chi connectivity index (χ3v) is 9.31. The summed E-state index contributed by atoms with van der Waals surface area (Å²) in [5, 5.41) is 23.4. The number of hydrogen-bond acceptors (Lipinski definition) is 7. The number of ether oxygens (including phenoxy) is 2. The fourth-order valence-electron chi connectivity index (χ4n) is 7.31. The van der Waals surface area contributed by atoms with Gasteiger partial charge in [-0.2, -0.15) is 4.98 Å². The zero-order chi connectivity index (χ0) is 25.0. The Kier molecular flexibility index (Phi) is 4.44. The molecular weight excluding hydrogens is 458 g/mol. The zero-order valence-electron chi connectivity index (χ0n) is 20.8. The predicted molar refractivity (Wildman–Crippen MR) is 133 cm³/mol. The number of aromatic hydroxyl groups is 1. The Labute approximate surface area is 209 Å². The molecule has 2 N–H and O–H groups in total. The van der Waals surface area contributed by atoms with Gasteiger partial charge in [0.25, 0.3) is 5.56 Å². The summed E-state index contributed by atoms with van der Waals surface area (Å²) in [4.78, 5) is 19.9. The quantitative estimate of drug-likeness (QED) is 0.582. The maximum Gasteiger partial charge on any atom is 0.276 e. The smallest absolute Gasteiger partial charge is 0.276 e. The SMILES string of the molecule is COc1cccn2c([C@@H]3Oc4c(O)ccc5c4[C@@]34CCN(CC3CC3)[C@H](C5)[C@@]4(C)O)c(C)c(=O)nc12. The van der Waals surface area contributed by atoms with Gasteiger partial charge in [0.05, 0.1) is 23.8 Å². The maximum atomic E-state index is 13.2. The van der Waals surface area contributed by atoms with Crippen LogP contribution < -0.4 is 15.0 Å². The van der Waals surface area contributed by atoms with Crippen LogP contribution in [-0.4, -0.2) is 56.3 Å². The molecule has 2 bridgehead atoms. The number of pyridine rings is 1. The average Bonchev–Trinajstić information content (AvgIpc) is 3.59. The van der Waals surface area contributed by atoms with E-state index in [1.54, 1.807) is 26.2 Å². The van der Waals surface area contributed by atoms with Crippen LogP contribution in [0.25, 0.3) is 5.65 Å². The van der Waals surface area contributed by atoms with Crippen molar-refractivity contribution in [1.82, 2.24) is 14.3 Å². The summed E-state index contributed by atoms with van der Waals surface area (Å²) >= 11 is 0. The standard InChI is InChI=1S/C28H31N3O5/c1-15-22(31-11-4-5-19(35-3)25(31)29-26(15)33)24-28-10-12-30(14-16-6-7-16)20(27(28,2)34)13-17-8-9-18(32)23(36-24)21(17)28/h4-5,8-9,11,16,20,24,32,34H,6-7,10,12-14H2,1-3H3/t20-,24+,27-,28+/m1/s1. The summed E-state index contributed by atoms with van der Waals surface area (Å²) in [6.45, 7) is 5.51. The van der Waals surface area contributed by atoms with E-state index in [9.17, 15) is 15.0 Å². The molecular formula is C28H31N3O5. The van der Waals surface area contributed by atoms with Crippen molar-refractivity contribution in [2.75, 3.05) is 20.2 Å². The number of aliphatic hydroxyl groups is 1. The molecule has 1 saturated heterocycles. The summed E-state index contributed by atoms with van der Waals surface area (Å²) in [5.74, 6) is 1.68. The molecule has 4 atom stereocenters. The molecule has 2 aliphatic heterocycles. The van der Waals surface area contributed by atoms with Crippen LogP contribution in [-0.2, 0) is 11.8 Å². The number of aromatic nitrogens is 2. The van der Waals surface area contributed by atoms with Crippen molar-refractivity contribution in [1.29, 1.82) is 0 Å². The van der Waals surface area contributed by atoms with E-state index in [2.05, 4.69) is 9.88 Å². The molecule has 1 aromatic carbocycles. The molecule has 2 aliphatic carbocycles. The minimum absolute atomic E-state index is 0.0613. The first kappa shape index (κ1) is 22.1. The zero-order valence-corrected chi connectivity index (χ0v) is 20.8. The fraction of sp³-hybridized carbons (Fsp3) is 0.500. The topological polar surface area (TPSA) is 96.5 Å². The molecule has 1 spiro atoms. The van der Waals surface area contributed by atoms with E-state index in [0.717, 1.165) is 24.2 Å². The van der Waals surface area contributed by atoms with Crippen molar-refractivity contribution in [2.24, 2.45) is 5.92 Å². The number of methoxy groups -OCH3 is 1. The first-order valence-corrected chi connectivity index (χ1v) is 12.8. The molecule has 7 rings (SSSR count). The predicted octanol–water partition coefficient (Wildman–Crippen LogP) is 2.88. The summed E-state index contributed by atoms with van der Waals surface area (Å²) in [6.07, 6.45) is 5.03. The number of benzene rings is 1. The van der Waals surface area contributed by atoms with Crippen LogP contribution >= 0.6 is 0 Å². The van der Waals surface area contributed by atoms with Gasteiger partial charge in [-0.1, -0.05) is 6.07 Å². The lowest BCUT2D eigenvalue weighted by Gasteiger charge is -2.60. The normalized spacial score (nSPS) is 30.8. The number of phenolic OH excluding ortho intramolecular Hbond substituents is 1. The minimum Gasteiger partial charge on any atom is -0.504 e. The van der Waals surface area contributed by atoms with Crippen LogP contribution in [0.15, 0.2) is 35.3 Å². The molecule has 188 valence electrons. The Hall–Kier alpha value is -3.10. The Balaban J connectivity index is 1.51. The average molecular weight is 490 g/mol. The van der Waals surface area contributed by atoms with Crippen molar-refractivity contribution < 1.29 is 19.7 Å². The van der Waals surface area contributed by atoms with Crippen LogP contribution in [0.5, 0.6) is 17.2 Å². The molecule has 4 heterocycles. The first-order chi connectivity index (χ1) is 17.3. The van der Waals surface area contributed by atoms with Crippen molar-refractivity contribution in [3.63, 3.8) is 0 Å². The van der Waals surface area contributed by atoms with Gasteiger partial charge >= 0.3 is 0 Å². The number of phenols is 1. The molecule has 2 aromatic heterocycles. The van der Waals surface area contributed by atoms with E-state index in [4.69, 9.17) is 9.47 Å². The van der Waals surface area contributed by atoms with Crippen LogP contribution in [0.2, 0.25) is 0 Å². The molecule has 0 radical (unpaired) electrons. The third-order valence-electron chi connectivity index (χ3n) is 9.31. The largest absolute Gasteiger partial charge is 0.504 e. The molecule has 8 nitrogen and oxygen atoms in total. The summed E-state index contributed by atoms with van der Waals surface area (Å²) in [5.41, 5.74) is 1.16. The molecule has 36 heavy (non-hydrogen) atoms. The van der Waals surface area contributed by atoms with Crippen LogP contribution in [0.1, 0.15) is 54.7 Å². The van der Waals surface area contributed by atoms with Gasteiger partial charge in [-0.25, -0.2) is 0 Å². The number of hydrogen-bond donors (Lipinski definition) is 2. The second-order valence-electron chi connectivity index (χ2n) is 11.2. The molecule has 0 amide bonds. The second kappa shape index (κ2) is 7.23. The van der Waals surface area contributed by atoms with E-state index in [1.165, 1.54) is 12.8 Å². The molecule has 8 heteroatoms. The lowest BCUT2D eigenvalue weighted by molar-refractivity contribution is -0.156. The number of rotatable bonds is 4. The van der Waals surface area contributed by atoms with Gasteiger partial charge in [0.1, 0.15) is 0 Å². The summed E-state index contributed by atoms with van der Waals surface area (Å²) in [7, 11) is 1.55. The Morgan fingerprint density at radius 2 is 2.08 bits per heavy atom. The minimum atomic E-state index is -1.15. The number of nitrogens with zero attached hydrogens (tertiary/aromatic N) is 3. The first-order valence-electron chi connectivity index (χ1n) is 12.8. The van der Waals surface area contributed by atoms with Gasteiger partial charge in [-0.15, -0.1) is 0 Å².